The van der Waals surface area contributed by atoms with Gasteiger partial charge in [0.05, 0.1) is 5.56 Å². The predicted octanol–water partition coefficient (Wildman–Crippen LogP) is 2.81. The summed E-state index contributed by atoms with van der Waals surface area (Å²) >= 11 is 0. The highest BCUT2D eigenvalue weighted by atomic mass is 16.1. The SMILES string of the molecule is CCC1(NC(=O)c2c[nH]c3cc(N)ccc23)CCC1. The Morgan fingerprint density at radius 1 is 1.47 bits per heavy atom. The molecule has 1 saturated carbocycles. The number of H-pyrrole nitrogens is 1. The molecule has 0 aliphatic heterocycles. The van der Waals surface area contributed by atoms with Crippen LogP contribution in [-0.4, -0.2) is 16.4 Å². The molecule has 1 aromatic heterocycles. The normalized spacial score (nSPS) is 17.1. The average molecular weight is 257 g/mol. The van der Waals surface area contributed by atoms with E-state index in [1.54, 1.807) is 6.20 Å². The third-order valence-corrected chi connectivity index (χ3v) is 4.32. The summed E-state index contributed by atoms with van der Waals surface area (Å²) in [5, 5.41) is 4.13. The Balaban J connectivity index is 1.89. The van der Waals surface area contributed by atoms with Crippen LogP contribution in [0.25, 0.3) is 10.9 Å². The summed E-state index contributed by atoms with van der Waals surface area (Å²) in [6.45, 7) is 2.13. The summed E-state index contributed by atoms with van der Waals surface area (Å²) in [6, 6.07) is 5.58. The number of aromatic amines is 1. The van der Waals surface area contributed by atoms with Crippen molar-refractivity contribution in [1.29, 1.82) is 0 Å². The van der Waals surface area contributed by atoms with Crippen LogP contribution in [0.2, 0.25) is 0 Å². The highest BCUT2D eigenvalue weighted by molar-refractivity contribution is 6.07. The van der Waals surface area contributed by atoms with Gasteiger partial charge in [-0.25, -0.2) is 0 Å². The molecule has 100 valence electrons. The minimum absolute atomic E-state index is 0.0116. The van der Waals surface area contributed by atoms with E-state index in [0.717, 1.165) is 30.2 Å². The van der Waals surface area contributed by atoms with Crippen molar-refractivity contribution in [2.45, 2.75) is 38.1 Å². The maximum absolute atomic E-state index is 12.4. The molecule has 19 heavy (non-hydrogen) atoms. The van der Waals surface area contributed by atoms with Crippen LogP contribution in [0.5, 0.6) is 0 Å². The van der Waals surface area contributed by atoms with Crippen LogP contribution < -0.4 is 11.1 Å². The van der Waals surface area contributed by atoms with Gasteiger partial charge in [0, 0.05) is 28.3 Å². The van der Waals surface area contributed by atoms with E-state index in [9.17, 15) is 4.79 Å². The van der Waals surface area contributed by atoms with Crippen LogP contribution >= 0.6 is 0 Å². The molecule has 1 heterocycles. The number of amides is 1. The Morgan fingerprint density at radius 2 is 2.26 bits per heavy atom. The topological polar surface area (TPSA) is 70.9 Å². The van der Waals surface area contributed by atoms with Gasteiger partial charge < -0.3 is 16.0 Å². The van der Waals surface area contributed by atoms with Gasteiger partial charge in [-0.15, -0.1) is 0 Å². The van der Waals surface area contributed by atoms with Crippen LogP contribution in [0.3, 0.4) is 0 Å². The number of carbonyl (C=O) groups excluding carboxylic acids is 1. The second kappa shape index (κ2) is 4.30. The molecule has 0 bridgehead atoms. The molecule has 3 rings (SSSR count). The van der Waals surface area contributed by atoms with E-state index in [4.69, 9.17) is 5.73 Å². The van der Waals surface area contributed by atoms with Gasteiger partial charge in [-0.2, -0.15) is 0 Å². The van der Waals surface area contributed by atoms with E-state index >= 15 is 0 Å². The number of carbonyl (C=O) groups is 1. The molecule has 0 saturated heterocycles. The molecule has 2 aromatic rings. The summed E-state index contributed by atoms with van der Waals surface area (Å²) in [7, 11) is 0. The molecule has 4 heteroatoms. The number of fused-ring (bicyclic) bond motifs is 1. The molecule has 0 radical (unpaired) electrons. The first-order valence-electron chi connectivity index (χ1n) is 6.83. The molecule has 1 aliphatic rings. The third kappa shape index (κ3) is 1.97. The minimum Gasteiger partial charge on any atom is -0.399 e. The van der Waals surface area contributed by atoms with Crippen molar-refractivity contribution in [2.24, 2.45) is 0 Å². The summed E-state index contributed by atoms with van der Waals surface area (Å²) in [4.78, 5) is 15.5. The lowest BCUT2D eigenvalue weighted by molar-refractivity contribution is 0.0822. The van der Waals surface area contributed by atoms with Gasteiger partial charge in [0.15, 0.2) is 0 Å². The number of anilines is 1. The van der Waals surface area contributed by atoms with Crippen molar-refractivity contribution in [3.05, 3.63) is 30.0 Å². The fraction of sp³-hybridized carbons (Fsp3) is 0.400. The van der Waals surface area contributed by atoms with E-state index in [1.165, 1.54) is 6.42 Å². The number of nitrogen functional groups attached to an aromatic ring is 1. The molecule has 1 fully saturated rings. The van der Waals surface area contributed by atoms with Crippen molar-refractivity contribution in [3.8, 4) is 0 Å². The number of hydrogen-bond acceptors (Lipinski definition) is 2. The number of aromatic nitrogens is 1. The molecule has 0 spiro atoms. The Bertz CT molecular complexity index is 620. The van der Waals surface area contributed by atoms with Crippen molar-refractivity contribution < 1.29 is 4.79 Å². The largest absolute Gasteiger partial charge is 0.399 e. The first kappa shape index (κ1) is 12.1. The molecular weight excluding hydrogens is 238 g/mol. The molecular formula is C15H19N3O. The predicted molar refractivity (Wildman–Crippen MR) is 77.1 cm³/mol. The smallest absolute Gasteiger partial charge is 0.253 e. The highest BCUT2D eigenvalue weighted by Gasteiger charge is 2.36. The van der Waals surface area contributed by atoms with E-state index in [1.807, 2.05) is 18.2 Å². The van der Waals surface area contributed by atoms with Gasteiger partial charge in [0.2, 0.25) is 0 Å². The van der Waals surface area contributed by atoms with Gasteiger partial charge >= 0.3 is 0 Å². The standard InChI is InChI=1S/C15H19N3O/c1-2-15(6-3-7-15)18-14(19)12-9-17-13-8-10(16)4-5-11(12)13/h4-5,8-9,17H,2-3,6-7,16H2,1H3,(H,18,19). The Morgan fingerprint density at radius 3 is 2.89 bits per heavy atom. The summed E-state index contributed by atoms with van der Waals surface area (Å²) in [5.74, 6) is 0.0116. The van der Waals surface area contributed by atoms with Crippen LogP contribution in [0.4, 0.5) is 5.69 Å². The van der Waals surface area contributed by atoms with Gasteiger partial charge in [0.25, 0.3) is 5.91 Å². The van der Waals surface area contributed by atoms with Crippen LogP contribution in [0, 0.1) is 0 Å². The van der Waals surface area contributed by atoms with Gasteiger partial charge in [0.1, 0.15) is 0 Å². The van der Waals surface area contributed by atoms with Gasteiger partial charge in [-0.3, -0.25) is 4.79 Å². The van der Waals surface area contributed by atoms with E-state index in [0.29, 0.717) is 11.3 Å². The fourth-order valence-corrected chi connectivity index (χ4v) is 2.81. The van der Waals surface area contributed by atoms with Crippen LogP contribution in [0.15, 0.2) is 24.4 Å². The summed E-state index contributed by atoms with van der Waals surface area (Å²) < 4.78 is 0. The maximum Gasteiger partial charge on any atom is 0.253 e. The molecule has 0 unspecified atom stereocenters. The van der Waals surface area contributed by atoms with Gasteiger partial charge in [-0.05, 0) is 43.9 Å². The van der Waals surface area contributed by atoms with Crippen LogP contribution in [-0.2, 0) is 0 Å². The lowest BCUT2D eigenvalue weighted by Crippen LogP contribution is -2.52. The number of nitrogens with two attached hydrogens (primary N) is 1. The zero-order chi connectivity index (χ0) is 13.5. The Kier molecular flexibility index (Phi) is 2.73. The number of benzene rings is 1. The average Bonchev–Trinajstić information content (AvgIpc) is 2.76. The lowest BCUT2D eigenvalue weighted by Gasteiger charge is -2.42. The number of hydrogen-bond donors (Lipinski definition) is 3. The van der Waals surface area contributed by atoms with Crippen molar-refractivity contribution >= 4 is 22.5 Å². The molecule has 1 aromatic carbocycles. The summed E-state index contributed by atoms with van der Waals surface area (Å²) in [5.41, 5.74) is 8.07. The Hall–Kier alpha value is -1.97. The molecule has 0 atom stereocenters. The number of rotatable bonds is 3. The molecule has 4 N–H and O–H groups in total. The van der Waals surface area contributed by atoms with Crippen molar-refractivity contribution in [1.82, 2.24) is 10.3 Å². The van der Waals surface area contributed by atoms with Crippen LogP contribution in [0.1, 0.15) is 43.0 Å². The van der Waals surface area contributed by atoms with E-state index < -0.39 is 0 Å². The zero-order valence-corrected chi connectivity index (χ0v) is 11.1. The van der Waals surface area contributed by atoms with Crippen molar-refractivity contribution in [2.75, 3.05) is 5.73 Å². The second-order valence-corrected chi connectivity index (χ2v) is 5.45. The first-order chi connectivity index (χ1) is 9.13. The minimum atomic E-state index is 0.0116. The lowest BCUT2D eigenvalue weighted by atomic mass is 9.74. The molecule has 1 aliphatic carbocycles. The maximum atomic E-state index is 12.4. The molecule has 4 nitrogen and oxygen atoms in total. The monoisotopic (exact) mass is 257 g/mol. The molecule has 1 amide bonds. The number of nitrogens with one attached hydrogen (secondary N) is 2. The Labute approximate surface area is 112 Å². The van der Waals surface area contributed by atoms with Crippen molar-refractivity contribution in [3.63, 3.8) is 0 Å². The van der Waals surface area contributed by atoms with Gasteiger partial charge in [-0.1, -0.05) is 6.92 Å². The quantitative estimate of drug-likeness (QED) is 0.740. The summed E-state index contributed by atoms with van der Waals surface area (Å²) in [6.07, 6.45) is 6.14. The van der Waals surface area contributed by atoms with E-state index in [-0.39, 0.29) is 11.4 Å². The second-order valence-electron chi connectivity index (χ2n) is 5.45. The first-order valence-corrected chi connectivity index (χ1v) is 6.83. The zero-order valence-electron chi connectivity index (χ0n) is 11.1. The third-order valence-electron chi connectivity index (χ3n) is 4.32. The fourth-order valence-electron chi connectivity index (χ4n) is 2.81. The highest BCUT2D eigenvalue weighted by Crippen LogP contribution is 2.35. The van der Waals surface area contributed by atoms with E-state index in [2.05, 4.69) is 17.2 Å².